The van der Waals surface area contributed by atoms with Gasteiger partial charge in [-0.25, -0.2) is 9.97 Å². The summed E-state index contributed by atoms with van der Waals surface area (Å²) in [6, 6.07) is 1.12. The first-order valence-electron chi connectivity index (χ1n) is 29.1. The van der Waals surface area contributed by atoms with E-state index < -0.39 is 23.8 Å². The second-order valence-electron chi connectivity index (χ2n) is 20.6. The lowest BCUT2D eigenvalue weighted by atomic mass is 9.95. The van der Waals surface area contributed by atoms with Gasteiger partial charge < -0.3 is 78.5 Å². The summed E-state index contributed by atoms with van der Waals surface area (Å²) in [5, 5.41) is 14.3. The maximum absolute atomic E-state index is 13.1. The zero-order chi connectivity index (χ0) is 57.6. The van der Waals surface area contributed by atoms with Gasteiger partial charge in [-0.15, -0.1) is 11.3 Å². The van der Waals surface area contributed by atoms with Crippen LogP contribution in [0.15, 0.2) is 6.07 Å². The number of carbonyl (C=O) groups excluding carboxylic acids is 5. The van der Waals surface area contributed by atoms with Crippen LogP contribution in [0.1, 0.15) is 107 Å². The number of nitrogens with one attached hydrogen (secondary N) is 2. The number of nitrogen functional groups attached to an aromatic ring is 1. The number of methoxy groups -OCH3 is 1. The third-order valence-corrected chi connectivity index (χ3v) is 16.0. The van der Waals surface area contributed by atoms with Crippen LogP contribution in [-0.4, -0.2) is 217 Å². The van der Waals surface area contributed by atoms with Gasteiger partial charge in [-0.05, 0) is 69.3 Å². The second-order valence-corrected chi connectivity index (χ2v) is 21.7. The molecule has 0 radical (unpaired) electrons. The van der Waals surface area contributed by atoms with Gasteiger partial charge in [0, 0.05) is 83.0 Å². The molecule has 3 aliphatic rings. The summed E-state index contributed by atoms with van der Waals surface area (Å²) in [5.74, 6) is -0.380. The Balaban J connectivity index is 0.700. The number of imidazole rings is 1. The van der Waals surface area contributed by atoms with Crippen molar-refractivity contribution < 1.29 is 76.5 Å². The lowest BCUT2D eigenvalue weighted by Crippen LogP contribution is -2.48. The number of anilines is 1. The van der Waals surface area contributed by atoms with Crippen molar-refractivity contribution in [1.82, 2.24) is 35.0 Å². The first-order chi connectivity index (χ1) is 39.4. The van der Waals surface area contributed by atoms with Gasteiger partial charge >= 0.3 is 11.9 Å². The molecular formula is C56H88N8O16S. The number of aromatic nitrogens is 3. The summed E-state index contributed by atoms with van der Waals surface area (Å²) < 4.78 is 53.0. The number of carboxylic acids is 1. The first-order valence-corrected chi connectivity index (χ1v) is 29.9. The van der Waals surface area contributed by atoms with Crippen molar-refractivity contribution in [2.75, 3.05) is 151 Å². The lowest BCUT2D eigenvalue weighted by molar-refractivity contribution is -0.149. The molecule has 454 valence electrons. The number of hydrogen-bond acceptors (Lipinski definition) is 19. The van der Waals surface area contributed by atoms with Crippen molar-refractivity contribution in [2.45, 2.75) is 115 Å². The van der Waals surface area contributed by atoms with Crippen molar-refractivity contribution in [3.63, 3.8) is 0 Å². The Kier molecular flexibility index (Phi) is 29.3. The van der Waals surface area contributed by atoms with Crippen LogP contribution in [0, 0.1) is 11.8 Å². The summed E-state index contributed by atoms with van der Waals surface area (Å²) in [6.45, 7) is 12.2. The molecule has 81 heavy (non-hydrogen) atoms. The van der Waals surface area contributed by atoms with Crippen LogP contribution >= 0.6 is 11.3 Å². The van der Waals surface area contributed by atoms with E-state index in [4.69, 9.17) is 63.4 Å². The Morgan fingerprint density at radius 3 is 1.85 bits per heavy atom. The molecule has 0 aliphatic carbocycles. The van der Waals surface area contributed by atoms with E-state index in [9.17, 15) is 28.8 Å². The number of esters is 1. The molecule has 5 N–H and O–H groups in total. The summed E-state index contributed by atoms with van der Waals surface area (Å²) in [5.41, 5.74) is 9.45. The molecule has 3 fully saturated rings. The van der Waals surface area contributed by atoms with Crippen LogP contribution < -0.4 is 16.4 Å². The number of pyridine rings is 1. The Morgan fingerprint density at radius 2 is 1.28 bits per heavy atom. The average Bonchev–Trinajstić information content (AvgIpc) is 4.29. The number of thiophene rings is 1. The zero-order valence-electron chi connectivity index (χ0n) is 47.6. The Labute approximate surface area is 479 Å². The maximum Gasteiger partial charge on any atom is 0.308 e. The molecule has 6 heterocycles. The molecule has 0 saturated carbocycles. The SMILES string of the molecule is CCCCc1nc2c(N)nc3cc(C4CCN(C(=O)CCOCCOCCOCCOCCOCCOCCOCCNC(=O)[C@H](CCC(=O)O)NC(=O)CCC(=O)N5CCC(C(=O)OC)CC5)CC4)sc3c2n1CC1CCOCC1. The van der Waals surface area contributed by atoms with Gasteiger partial charge in [0.25, 0.3) is 0 Å². The summed E-state index contributed by atoms with van der Waals surface area (Å²) in [4.78, 5) is 88.8. The number of likely N-dealkylation sites (tertiary alicyclic amines) is 2. The largest absolute Gasteiger partial charge is 0.481 e. The summed E-state index contributed by atoms with van der Waals surface area (Å²) >= 11 is 1.82. The number of ether oxygens (including phenoxy) is 9. The molecule has 3 aromatic heterocycles. The van der Waals surface area contributed by atoms with Gasteiger partial charge in [-0.3, -0.25) is 28.8 Å². The number of aryl methyl sites for hydroxylation is 1. The Bertz CT molecular complexity index is 2400. The monoisotopic (exact) mass is 1160 g/mol. The molecule has 4 amide bonds. The fraction of sp³-hybridized carbons (Fsp3) is 0.750. The maximum atomic E-state index is 13.1. The Morgan fingerprint density at radius 1 is 0.728 bits per heavy atom. The van der Waals surface area contributed by atoms with Crippen molar-refractivity contribution in [3.05, 3.63) is 16.8 Å². The van der Waals surface area contributed by atoms with E-state index in [-0.39, 0.29) is 69.1 Å². The second kappa shape index (κ2) is 36.5. The van der Waals surface area contributed by atoms with Crippen molar-refractivity contribution in [1.29, 1.82) is 0 Å². The highest BCUT2D eigenvalue weighted by molar-refractivity contribution is 7.20. The number of amides is 4. The quantitative estimate of drug-likeness (QED) is 0.0466. The minimum absolute atomic E-state index is 0.0791. The summed E-state index contributed by atoms with van der Waals surface area (Å²) in [7, 11) is 1.33. The number of fused-ring (bicyclic) bond motifs is 3. The van der Waals surface area contributed by atoms with Gasteiger partial charge in [0.15, 0.2) is 5.82 Å². The molecule has 25 heteroatoms. The normalized spacial score (nSPS) is 16.1. The van der Waals surface area contributed by atoms with Crippen LogP contribution in [0.2, 0.25) is 0 Å². The van der Waals surface area contributed by atoms with Crippen LogP contribution in [0.4, 0.5) is 5.82 Å². The zero-order valence-corrected chi connectivity index (χ0v) is 48.5. The first kappa shape index (κ1) is 65.0. The fourth-order valence-corrected chi connectivity index (χ4v) is 11.4. The average molecular weight is 1160 g/mol. The predicted octanol–water partition coefficient (Wildman–Crippen LogP) is 3.87. The van der Waals surface area contributed by atoms with E-state index in [1.54, 1.807) is 4.90 Å². The number of nitrogens with zero attached hydrogens (tertiary/aromatic N) is 5. The predicted molar refractivity (Wildman–Crippen MR) is 301 cm³/mol. The van der Waals surface area contributed by atoms with Gasteiger partial charge in [0.05, 0.1) is 128 Å². The molecule has 24 nitrogen and oxygen atoms in total. The van der Waals surface area contributed by atoms with Crippen LogP contribution in [0.5, 0.6) is 0 Å². The highest BCUT2D eigenvalue weighted by Crippen LogP contribution is 2.41. The van der Waals surface area contributed by atoms with Crippen molar-refractivity contribution in [2.24, 2.45) is 11.8 Å². The number of nitrogens with two attached hydrogens (primary N) is 1. The topological polar surface area (TPSA) is 293 Å². The van der Waals surface area contributed by atoms with E-state index >= 15 is 0 Å². The van der Waals surface area contributed by atoms with E-state index in [1.807, 2.05) is 16.2 Å². The number of unbranched alkanes of at least 4 members (excludes halogenated alkanes) is 1. The molecule has 0 bridgehead atoms. The Hall–Kier alpha value is -5.12. The van der Waals surface area contributed by atoms with E-state index in [0.717, 1.165) is 91.8 Å². The molecule has 3 saturated heterocycles. The fourth-order valence-electron chi connectivity index (χ4n) is 10.1. The summed E-state index contributed by atoms with van der Waals surface area (Å²) in [6.07, 6.45) is 7.63. The molecule has 0 aromatic carbocycles. The smallest absolute Gasteiger partial charge is 0.308 e. The number of hydrogen-bond donors (Lipinski definition) is 4. The highest BCUT2D eigenvalue weighted by atomic mass is 32.1. The van der Waals surface area contributed by atoms with E-state index in [2.05, 4.69) is 28.2 Å². The van der Waals surface area contributed by atoms with Gasteiger partial charge in [0.2, 0.25) is 23.6 Å². The number of piperidine rings is 2. The van der Waals surface area contributed by atoms with Gasteiger partial charge in [-0.2, -0.15) is 0 Å². The van der Waals surface area contributed by atoms with Crippen molar-refractivity contribution in [3.8, 4) is 0 Å². The van der Waals surface area contributed by atoms with Crippen LogP contribution in [0.3, 0.4) is 0 Å². The number of rotatable bonds is 39. The van der Waals surface area contributed by atoms with Gasteiger partial charge in [-0.1, -0.05) is 13.3 Å². The molecular weight excluding hydrogens is 1070 g/mol. The van der Waals surface area contributed by atoms with Crippen LogP contribution in [0.25, 0.3) is 21.3 Å². The number of carboxylic acid groups (broad SMARTS) is 1. The van der Waals surface area contributed by atoms with Crippen LogP contribution in [-0.2, 0) is 84.4 Å². The van der Waals surface area contributed by atoms with E-state index in [0.29, 0.717) is 142 Å². The molecule has 3 aliphatic heterocycles. The standard InChI is InChI=1S/C56H88N8O16S/c1-3-4-5-46-61-51-52(64(46)39-40-14-22-73-23-15-40)53-44(60-54(51)57)38-45(81-53)41-10-18-63(19-11-41)49(67)16-24-74-26-28-76-30-32-78-34-36-80-37-35-79-33-31-77-29-27-75-25-17-58-55(70)43(6-9-50(68)69)59-47(65)7-8-48(66)62-20-12-42(13-21-62)56(71)72-2/h38,40-43H,3-37,39H2,1-2H3,(H2,57,60)(H,58,70)(H,59,65)(H,68,69)/t43-/m0/s1. The minimum Gasteiger partial charge on any atom is -0.481 e. The molecule has 1 atom stereocenters. The number of aliphatic carboxylic acids is 1. The number of carbonyl (C=O) groups is 6. The van der Waals surface area contributed by atoms with Crippen molar-refractivity contribution >= 4 is 74.0 Å². The third-order valence-electron chi connectivity index (χ3n) is 14.7. The third kappa shape index (κ3) is 22.2. The van der Waals surface area contributed by atoms with E-state index in [1.165, 1.54) is 12.0 Å². The molecule has 0 unspecified atom stereocenters. The molecule has 0 spiro atoms. The lowest BCUT2D eigenvalue weighted by Gasteiger charge is -2.31. The molecule has 3 aromatic rings. The van der Waals surface area contributed by atoms with Gasteiger partial charge in [0.1, 0.15) is 17.4 Å². The highest BCUT2D eigenvalue weighted by Gasteiger charge is 2.30. The molecule has 6 rings (SSSR count). The minimum atomic E-state index is -1.11.